The molecule has 1 aliphatic heterocycles. The molecule has 2 aromatic rings. The maximum absolute atomic E-state index is 12.7. The number of nitrogens with zero attached hydrogens (tertiary/aromatic N) is 3. The van der Waals surface area contributed by atoms with E-state index in [2.05, 4.69) is 11.8 Å². The standard InChI is InChI=1S/C20H23N3O3/c1-2-3-16-4-6-17(7-5-16)20(24)22-14-12-21(13-15-22)18-8-10-19(11-9-18)23(25)26/h4-11H,2-3,12-15H2,1H3. The molecule has 1 fully saturated rings. The third-order valence-corrected chi connectivity index (χ3v) is 4.73. The third-order valence-electron chi connectivity index (χ3n) is 4.73. The number of anilines is 1. The second-order valence-electron chi connectivity index (χ2n) is 6.50. The van der Waals surface area contributed by atoms with Crippen molar-refractivity contribution in [3.8, 4) is 0 Å². The summed E-state index contributed by atoms with van der Waals surface area (Å²) in [6, 6.07) is 14.5. The van der Waals surface area contributed by atoms with Crippen LogP contribution >= 0.6 is 0 Å². The Morgan fingerprint density at radius 2 is 1.62 bits per heavy atom. The summed E-state index contributed by atoms with van der Waals surface area (Å²) in [5.74, 6) is 0.0661. The Balaban J connectivity index is 1.59. The number of carbonyl (C=O) groups is 1. The van der Waals surface area contributed by atoms with Crippen LogP contribution in [0.2, 0.25) is 0 Å². The lowest BCUT2D eigenvalue weighted by atomic mass is 10.1. The minimum absolute atomic E-state index is 0.0661. The van der Waals surface area contributed by atoms with Gasteiger partial charge in [0.05, 0.1) is 4.92 Å². The van der Waals surface area contributed by atoms with Gasteiger partial charge in [0.2, 0.25) is 0 Å². The zero-order valence-corrected chi connectivity index (χ0v) is 14.9. The van der Waals surface area contributed by atoms with Crippen molar-refractivity contribution in [1.82, 2.24) is 4.90 Å². The number of hydrogen-bond donors (Lipinski definition) is 0. The maximum Gasteiger partial charge on any atom is 0.269 e. The quantitative estimate of drug-likeness (QED) is 0.609. The first-order valence-electron chi connectivity index (χ1n) is 8.96. The van der Waals surface area contributed by atoms with E-state index in [1.807, 2.05) is 29.2 Å². The maximum atomic E-state index is 12.7. The van der Waals surface area contributed by atoms with Crippen LogP contribution in [0.5, 0.6) is 0 Å². The molecule has 6 heteroatoms. The van der Waals surface area contributed by atoms with Crippen LogP contribution < -0.4 is 4.90 Å². The van der Waals surface area contributed by atoms with Gasteiger partial charge in [0.15, 0.2) is 0 Å². The van der Waals surface area contributed by atoms with Gasteiger partial charge < -0.3 is 9.80 Å². The van der Waals surface area contributed by atoms with Crippen molar-refractivity contribution in [3.05, 3.63) is 69.8 Å². The largest absolute Gasteiger partial charge is 0.368 e. The van der Waals surface area contributed by atoms with Crippen molar-refractivity contribution in [2.24, 2.45) is 0 Å². The molecule has 0 bridgehead atoms. The Kier molecular flexibility index (Phi) is 5.51. The van der Waals surface area contributed by atoms with Crippen molar-refractivity contribution >= 4 is 17.3 Å². The topological polar surface area (TPSA) is 66.7 Å². The highest BCUT2D eigenvalue weighted by molar-refractivity contribution is 5.94. The van der Waals surface area contributed by atoms with Crippen LogP contribution in [0, 0.1) is 10.1 Å². The van der Waals surface area contributed by atoms with Crippen LogP contribution in [0.4, 0.5) is 11.4 Å². The lowest BCUT2D eigenvalue weighted by molar-refractivity contribution is -0.384. The Morgan fingerprint density at radius 3 is 2.15 bits per heavy atom. The zero-order valence-electron chi connectivity index (χ0n) is 14.9. The molecule has 0 saturated carbocycles. The molecule has 0 unspecified atom stereocenters. The van der Waals surface area contributed by atoms with Gasteiger partial charge in [0, 0.05) is 49.6 Å². The normalized spacial score (nSPS) is 14.3. The van der Waals surface area contributed by atoms with Gasteiger partial charge in [-0.3, -0.25) is 14.9 Å². The molecule has 3 rings (SSSR count). The SMILES string of the molecule is CCCc1ccc(C(=O)N2CCN(c3ccc([N+](=O)[O-])cc3)CC2)cc1. The average Bonchev–Trinajstić information content (AvgIpc) is 2.68. The van der Waals surface area contributed by atoms with E-state index in [1.165, 1.54) is 17.7 Å². The lowest BCUT2D eigenvalue weighted by Crippen LogP contribution is -2.48. The van der Waals surface area contributed by atoms with Crippen molar-refractivity contribution < 1.29 is 9.72 Å². The van der Waals surface area contributed by atoms with E-state index >= 15 is 0 Å². The van der Waals surface area contributed by atoms with Crippen LogP contribution in [-0.2, 0) is 6.42 Å². The fourth-order valence-electron chi connectivity index (χ4n) is 3.24. The van der Waals surface area contributed by atoms with Gasteiger partial charge in [-0.05, 0) is 36.2 Å². The number of carbonyl (C=O) groups excluding carboxylic acids is 1. The van der Waals surface area contributed by atoms with Crippen molar-refractivity contribution in [2.45, 2.75) is 19.8 Å². The van der Waals surface area contributed by atoms with Gasteiger partial charge in [-0.1, -0.05) is 25.5 Å². The highest BCUT2D eigenvalue weighted by Crippen LogP contribution is 2.21. The first-order valence-corrected chi connectivity index (χ1v) is 8.96. The second-order valence-corrected chi connectivity index (χ2v) is 6.50. The van der Waals surface area contributed by atoms with Gasteiger partial charge in [-0.2, -0.15) is 0 Å². The molecule has 0 atom stereocenters. The molecule has 6 nitrogen and oxygen atoms in total. The predicted molar refractivity (Wildman–Crippen MR) is 102 cm³/mol. The van der Waals surface area contributed by atoms with Crippen LogP contribution in [0.1, 0.15) is 29.3 Å². The minimum Gasteiger partial charge on any atom is -0.368 e. The molecule has 136 valence electrons. The van der Waals surface area contributed by atoms with E-state index in [-0.39, 0.29) is 11.6 Å². The first kappa shape index (κ1) is 17.9. The third kappa shape index (κ3) is 4.02. The summed E-state index contributed by atoms with van der Waals surface area (Å²) in [5, 5.41) is 10.7. The molecule has 1 saturated heterocycles. The number of benzene rings is 2. The summed E-state index contributed by atoms with van der Waals surface area (Å²) in [6.45, 7) is 4.87. The Bertz CT molecular complexity index is 764. The van der Waals surface area contributed by atoms with E-state index in [0.29, 0.717) is 13.1 Å². The van der Waals surface area contributed by atoms with E-state index in [1.54, 1.807) is 12.1 Å². The first-order chi connectivity index (χ1) is 12.6. The average molecular weight is 353 g/mol. The molecule has 0 aliphatic carbocycles. The van der Waals surface area contributed by atoms with E-state index < -0.39 is 4.92 Å². The Hall–Kier alpha value is -2.89. The molecule has 1 aliphatic rings. The van der Waals surface area contributed by atoms with Crippen molar-refractivity contribution in [2.75, 3.05) is 31.1 Å². The van der Waals surface area contributed by atoms with Gasteiger partial charge in [-0.25, -0.2) is 0 Å². The van der Waals surface area contributed by atoms with Crippen LogP contribution in [0.15, 0.2) is 48.5 Å². The van der Waals surface area contributed by atoms with Crippen LogP contribution in [0.25, 0.3) is 0 Å². The number of nitro groups is 1. The summed E-state index contributed by atoms with van der Waals surface area (Å²) in [5.41, 5.74) is 3.03. The molecule has 0 aromatic heterocycles. The van der Waals surface area contributed by atoms with E-state index in [4.69, 9.17) is 0 Å². The summed E-state index contributed by atoms with van der Waals surface area (Å²) < 4.78 is 0. The lowest BCUT2D eigenvalue weighted by Gasteiger charge is -2.36. The minimum atomic E-state index is -0.397. The van der Waals surface area contributed by atoms with E-state index in [0.717, 1.165) is 37.2 Å². The number of amides is 1. The van der Waals surface area contributed by atoms with Gasteiger partial charge >= 0.3 is 0 Å². The summed E-state index contributed by atoms with van der Waals surface area (Å²) in [4.78, 5) is 27.0. The summed E-state index contributed by atoms with van der Waals surface area (Å²) in [6.07, 6.45) is 2.13. The van der Waals surface area contributed by atoms with Crippen LogP contribution in [-0.4, -0.2) is 41.9 Å². The smallest absolute Gasteiger partial charge is 0.269 e. The Labute approximate surface area is 153 Å². The number of non-ortho nitro benzene ring substituents is 1. The fraction of sp³-hybridized carbons (Fsp3) is 0.350. The van der Waals surface area contributed by atoms with Gasteiger partial charge in [0.25, 0.3) is 11.6 Å². The predicted octanol–water partition coefficient (Wildman–Crippen LogP) is 3.51. The van der Waals surface area contributed by atoms with Crippen LogP contribution in [0.3, 0.4) is 0 Å². The molecule has 1 heterocycles. The molecular weight excluding hydrogens is 330 g/mol. The number of hydrogen-bond acceptors (Lipinski definition) is 4. The number of nitro benzene ring substituents is 1. The molecule has 26 heavy (non-hydrogen) atoms. The van der Waals surface area contributed by atoms with Gasteiger partial charge in [0.1, 0.15) is 0 Å². The Morgan fingerprint density at radius 1 is 1.00 bits per heavy atom. The molecule has 2 aromatic carbocycles. The monoisotopic (exact) mass is 353 g/mol. The number of rotatable bonds is 5. The van der Waals surface area contributed by atoms with Gasteiger partial charge in [-0.15, -0.1) is 0 Å². The molecule has 0 radical (unpaired) electrons. The summed E-state index contributed by atoms with van der Waals surface area (Å²) >= 11 is 0. The summed E-state index contributed by atoms with van der Waals surface area (Å²) in [7, 11) is 0. The zero-order chi connectivity index (χ0) is 18.5. The molecule has 0 N–H and O–H groups in total. The van der Waals surface area contributed by atoms with Crippen molar-refractivity contribution in [1.29, 1.82) is 0 Å². The van der Waals surface area contributed by atoms with Crippen molar-refractivity contribution in [3.63, 3.8) is 0 Å². The molecule has 1 amide bonds. The highest BCUT2D eigenvalue weighted by Gasteiger charge is 2.22. The molecular formula is C20H23N3O3. The number of piperazine rings is 1. The fourth-order valence-corrected chi connectivity index (χ4v) is 3.24. The van der Waals surface area contributed by atoms with E-state index in [9.17, 15) is 14.9 Å². The second kappa shape index (κ2) is 7.99. The number of aryl methyl sites for hydroxylation is 1. The molecule has 0 spiro atoms. The highest BCUT2D eigenvalue weighted by atomic mass is 16.6.